The first-order chi connectivity index (χ1) is 15.9. The van der Waals surface area contributed by atoms with Crippen LogP contribution >= 0.6 is 0 Å². The number of amides is 1. The molecule has 0 atom stereocenters. The molecule has 10 heteroatoms. The van der Waals surface area contributed by atoms with E-state index in [1.165, 1.54) is 19.2 Å². The molecule has 0 aliphatic carbocycles. The van der Waals surface area contributed by atoms with Crippen molar-refractivity contribution in [2.75, 3.05) is 56.0 Å². The molecule has 178 valence electrons. The molecule has 2 aromatic rings. The van der Waals surface area contributed by atoms with Crippen LogP contribution in [0.5, 0.6) is 5.75 Å². The molecule has 1 aromatic carbocycles. The number of benzene rings is 1. The van der Waals surface area contributed by atoms with Crippen LogP contribution in [0, 0.1) is 5.92 Å². The number of methoxy groups -OCH3 is 1. The number of aromatic nitrogens is 1. The summed E-state index contributed by atoms with van der Waals surface area (Å²) in [4.78, 5) is 21.6. The lowest BCUT2D eigenvalue weighted by Gasteiger charge is -2.32. The summed E-state index contributed by atoms with van der Waals surface area (Å²) in [5.74, 6) is 1.45. The molecule has 33 heavy (non-hydrogen) atoms. The number of carbonyl (C=O) groups is 1. The Morgan fingerprint density at radius 1 is 1.15 bits per heavy atom. The van der Waals surface area contributed by atoms with Gasteiger partial charge in [-0.1, -0.05) is 13.0 Å². The van der Waals surface area contributed by atoms with Crippen LogP contribution in [0.2, 0.25) is 0 Å². The molecule has 1 aromatic heterocycles. The van der Waals surface area contributed by atoms with Crippen molar-refractivity contribution in [3.63, 3.8) is 0 Å². The summed E-state index contributed by atoms with van der Waals surface area (Å²) < 4.78 is 34.3. The number of anilines is 2. The van der Waals surface area contributed by atoms with Gasteiger partial charge < -0.3 is 19.9 Å². The van der Waals surface area contributed by atoms with Crippen molar-refractivity contribution >= 4 is 27.4 Å². The molecule has 0 spiro atoms. The molecule has 2 aliphatic rings. The van der Waals surface area contributed by atoms with Crippen molar-refractivity contribution in [3.05, 3.63) is 42.1 Å². The van der Waals surface area contributed by atoms with Crippen LogP contribution in [0.25, 0.3) is 0 Å². The Morgan fingerprint density at radius 2 is 1.88 bits per heavy atom. The first-order valence-corrected chi connectivity index (χ1v) is 12.8. The first kappa shape index (κ1) is 23.3. The summed E-state index contributed by atoms with van der Waals surface area (Å²) in [6.45, 7) is 6.52. The molecule has 0 saturated carbocycles. The van der Waals surface area contributed by atoms with Crippen LogP contribution in [-0.4, -0.2) is 70.6 Å². The van der Waals surface area contributed by atoms with Gasteiger partial charge in [0.25, 0.3) is 15.9 Å². The van der Waals surface area contributed by atoms with Crippen LogP contribution < -0.4 is 19.7 Å². The quantitative estimate of drug-likeness (QED) is 0.663. The zero-order valence-corrected chi connectivity index (χ0v) is 19.9. The lowest BCUT2D eigenvalue weighted by molar-refractivity contribution is 0.0697. The number of hydrogen-bond donors (Lipinski definition) is 2. The van der Waals surface area contributed by atoms with Gasteiger partial charge in [0, 0.05) is 51.5 Å². The SMILES string of the molecule is COc1cccc(S(=O)(=O)Nc2cc(C(=O)N3CCC(C)CC3)cnc2N2CCNCC2)c1. The van der Waals surface area contributed by atoms with E-state index in [0.717, 1.165) is 25.9 Å². The Balaban J connectivity index is 1.67. The molecule has 1 amide bonds. The monoisotopic (exact) mass is 473 g/mol. The first-order valence-electron chi connectivity index (χ1n) is 11.3. The predicted molar refractivity (Wildman–Crippen MR) is 127 cm³/mol. The minimum absolute atomic E-state index is 0.0786. The lowest BCUT2D eigenvalue weighted by Crippen LogP contribution is -2.44. The Hall–Kier alpha value is -2.85. The number of sulfonamides is 1. The van der Waals surface area contributed by atoms with Crippen molar-refractivity contribution < 1.29 is 17.9 Å². The molecule has 2 fully saturated rings. The normalized spacial score (nSPS) is 17.6. The van der Waals surface area contributed by atoms with Gasteiger partial charge in [0.05, 0.1) is 23.3 Å². The number of pyridine rings is 1. The van der Waals surface area contributed by atoms with Crippen LogP contribution in [-0.2, 0) is 10.0 Å². The van der Waals surface area contributed by atoms with Crippen LogP contribution in [0.1, 0.15) is 30.1 Å². The number of piperazine rings is 1. The molecule has 2 N–H and O–H groups in total. The molecule has 0 bridgehead atoms. The molecule has 2 saturated heterocycles. The van der Waals surface area contributed by atoms with E-state index in [1.54, 1.807) is 24.4 Å². The van der Waals surface area contributed by atoms with Gasteiger partial charge in [-0.3, -0.25) is 9.52 Å². The summed E-state index contributed by atoms with van der Waals surface area (Å²) in [5, 5.41) is 3.28. The van der Waals surface area contributed by atoms with Gasteiger partial charge in [0.1, 0.15) is 5.75 Å². The van der Waals surface area contributed by atoms with Gasteiger partial charge in [-0.2, -0.15) is 0 Å². The van der Waals surface area contributed by atoms with Crippen LogP contribution in [0.15, 0.2) is 41.4 Å². The fourth-order valence-electron chi connectivity index (χ4n) is 4.14. The van der Waals surface area contributed by atoms with Gasteiger partial charge in [-0.25, -0.2) is 13.4 Å². The van der Waals surface area contributed by atoms with E-state index in [0.29, 0.717) is 54.9 Å². The fourth-order valence-corrected chi connectivity index (χ4v) is 5.23. The third-order valence-electron chi connectivity index (χ3n) is 6.20. The highest BCUT2D eigenvalue weighted by molar-refractivity contribution is 7.92. The second-order valence-electron chi connectivity index (χ2n) is 8.59. The van der Waals surface area contributed by atoms with Crippen LogP contribution in [0.4, 0.5) is 11.5 Å². The van der Waals surface area contributed by atoms with E-state index in [4.69, 9.17) is 4.74 Å². The lowest BCUT2D eigenvalue weighted by atomic mass is 9.99. The minimum atomic E-state index is -3.92. The van der Waals surface area contributed by atoms with Crippen molar-refractivity contribution in [1.82, 2.24) is 15.2 Å². The fraction of sp³-hybridized carbons (Fsp3) is 0.478. The van der Waals surface area contributed by atoms with E-state index in [2.05, 4.69) is 21.9 Å². The molecule has 0 radical (unpaired) electrons. The Kier molecular flexibility index (Phi) is 7.04. The van der Waals surface area contributed by atoms with Gasteiger partial charge in [0.15, 0.2) is 5.82 Å². The Labute approximate surface area is 195 Å². The van der Waals surface area contributed by atoms with Gasteiger partial charge in [-0.15, -0.1) is 0 Å². The molecule has 3 heterocycles. The zero-order valence-electron chi connectivity index (χ0n) is 19.1. The average molecular weight is 474 g/mol. The number of ether oxygens (including phenoxy) is 1. The van der Waals surface area contributed by atoms with Crippen molar-refractivity contribution in [1.29, 1.82) is 0 Å². The molecule has 9 nitrogen and oxygen atoms in total. The predicted octanol–water partition coefficient (Wildman–Crippen LogP) is 2.17. The third-order valence-corrected chi connectivity index (χ3v) is 7.56. The van der Waals surface area contributed by atoms with Gasteiger partial charge >= 0.3 is 0 Å². The number of rotatable bonds is 6. The average Bonchev–Trinajstić information content (AvgIpc) is 2.84. The topological polar surface area (TPSA) is 104 Å². The maximum absolute atomic E-state index is 13.2. The number of piperidine rings is 1. The van der Waals surface area contributed by atoms with E-state index in [9.17, 15) is 13.2 Å². The van der Waals surface area contributed by atoms with Gasteiger partial charge in [-0.05, 0) is 37.0 Å². The largest absolute Gasteiger partial charge is 0.497 e. The standard InChI is InChI=1S/C23H31N5O4S/c1-17-6-10-28(11-7-17)23(29)18-14-21(22(25-16-18)27-12-8-24-9-13-27)26-33(30,31)20-5-3-4-19(15-20)32-2/h3-5,14-17,24,26H,6-13H2,1-2H3. The molecule has 0 unspecified atom stereocenters. The maximum Gasteiger partial charge on any atom is 0.262 e. The third kappa shape index (κ3) is 5.39. The van der Waals surface area contributed by atoms with E-state index in [1.807, 2.05) is 9.80 Å². The second-order valence-corrected chi connectivity index (χ2v) is 10.3. The summed E-state index contributed by atoms with van der Waals surface area (Å²) in [7, 11) is -2.43. The number of likely N-dealkylation sites (tertiary alicyclic amines) is 1. The number of hydrogen-bond acceptors (Lipinski definition) is 7. The van der Waals surface area contributed by atoms with E-state index in [-0.39, 0.29) is 10.8 Å². The summed E-state index contributed by atoms with van der Waals surface area (Å²) in [6.07, 6.45) is 3.49. The number of nitrogens with one attached hydrogen (secondary N) is 2. The van der Waals surface area contributed by atoms with Gasteiger partial charge in [0.2, 0.25) is 0 Å². The minimum Gasteiger partial charge on any atom is -0.497 e. The molecule has 2 aliphatic heterocycles. The Bertz CT molecular complexity index is 1090. The maximum atomic E-state index is 13.2. The molecule has 4 rings (SSSR count). The zero-order chi connectivity index (χ0) is 23.4. The summed E-state index contributed by atoms with van der Waals surface area (Å²) >= 11 is 0. The number of carbonyl (C=O) groups excluding carboxylic acids is 1. The Morgan fingerprint density at radius 3 is 2.58 bits per heavy atom. The van der Waals surface area contributed by atoms with Crippen molar-refractivity contribution in [2.45, 2.75) is 24.7 Å². The highest BCUT2D eigenvalue weighted by Crippen LogP contribution is 2.29. The van der Waals surface area contributed by atoms with E-state index >= 15 is 0 Å². The van der Waals surface area contributed by atoms with E-state index < -0.39 is 10.0 Å². The molecular formula is C23H31N5O4S. The molecular weight excluding hydrogens is 442 g/mol. The van der Waals surface area contributed by atoms with Crippen molar-refractivity contribution in [2.24, 2.45) is 5.92 Å². The number of nitrogens with zero attached hydrogens (tertiary/aromatic N) is 3. The summed E-state index contributed by atoms with van der Waals surface area (Å²) in [5.41, 5.74) is 0.683. The smallest absolute Gasteiger partial charge is 0.262 e. The highest BCUT2D eigenvalue weighted by Gasteiger charge is 2.26. The summed E-state index contributed by atoms with van der Waals surface area (Å²) in [6, 6.07) is 7.89. The highest BCUT2D eigenvalue weighted by atomic mass is 32.2. The van der Waals surface area contributed by atoms with Crippen LogP contribution in [0.3, 0.4) is 0 Å². The van der Waals surface area contributed by atoms with Crippen molar-refractivity contribution in [3.8, 4) is 5.75 Å². The second kappa shape index (κ2) is 9.96.